The first-order chi connectivity index (χ1) is 6.79. The van der Waals surface area contributed by atoms with E-state index >= 15 is 0 Å². The average molecular weight is 210 g/mol. The van der Waals surface area contributed by atoms with E-state index in [1.165, 1.54) is 11.3 Å². The SMILES string of the molecule is CCNCC(C#N)C(O)c1cccs1. The van der Waals surface area contributed by atoms with Crippen molar-refractivity contribution in [2.45, 2.75) is 13.0 Å². The van der Waals surface area contributed by atoms with Crippen LogP contribution >= 0.6 is 11.3 Å². The Kier molecular flexibility index (Phi) is 4.60. The van der Waals surface area contributed by atoms with E-state index in [0.717, 1.165) is 11.4 Å². The summed E-state index contributed by atoms with van der Waals surface area (Å²) in [6.07, 6.45) is -0.668. The summed E-state index contributed by atoms with van der Waals surface area (Å²) in [7, 11) is 0. The predicted molar refractivity (Wildman–Crippen MR) is 56.9 cm³/mol. The van der Waals surface area contributed by atoms with Crippen molar-refractivity contribution in [1.29, 1.82) is 5.26 Å². The van der Waals surface area contributed by atoms with E-state index in [9.17, 15) is 5.11 Å². The van der Waals surface area contributed by atoms with Gasteiger partial charge >= 0.3 is 0 Å². The molecule has 2 atom stereocenters. The molecule has 0 bridgehead atoms. The lowest BCUT2D eigenvalue weighted by molar-refractivity contribution is 0.137. The molecule has 0 aliphatic carbocycles. The Morgan fingerprint density at radius 2 is 2.50 bits per heavy atom. The number of thiophene rings is 1. The highest BCUT2D eigenvalue weighted by molar-refractivity contribution is 7.10. The van der Waals surface area contributed by atoms with Crippen LogP contribution in [0.3, 0.4) is 0 Å². The molecule has 76 valence electrons. The van der Waals surface area contributed by atoms with Crippen LogP contribution in [-0.4, -0.2) is 18.2 Å². The lowest BCUT2D eigenvalue weighted by atomic mass is 10.0. The molecule has 0 aromatic carbocycles. The van der Waals surface area contributed by atoms with E-state index in [0.29, 0.717) is 6.54 Å². The third-order valence-corrected chi connectivity index (χ3v) is 2.94. The third-order valence-electron chi connectivity index (χ3n) is 2.00. The van der Waals surface area contributed by atoms with Gasteiger partial charge in [0.1, 0.15) is 6.10 Å². The number of aliphatic hydroxyl groups is 1. The monoisotopic (exact) mass is 210 g/mol. The normalized spacial score (nSPS) is 14.6. The zero-order chi connectivity index (χ0) is 10.4. The van der Waals surface area contributed by atoms with E-state index in [1.807, 2.05) is 24.4 Å². The summed E-state index contributed by atoms with van der Waals surface area (Å²) in [5.74, 6) is -0.367. The maximum Gasteiger partial charge on any atom is 0.105 e. The minimum Gasteiger partial charge on any atom is -0.386 e. The summed E-state index contributed by atoms with van der Waals surface area (Å²) in [5.41, 5.74) is 0. The maximum absolute atomic E-state index is 9.84. The molecule has 0 fully saturated rings. The number of nitriles is 1. The van der Waals surface area contributed by atoms with Gasteiger partial charge in [-0.25, -0.2) is 0 Å². The highest BCUT2D eigenvalue weighted by Crippen LogP contribution is 2.25. The lowest BCUT2D eigenvalue weighted by Gasteiger charge is -2.15. The summed E-state index contributed by atoms with van der Waals surface area (Å²) in [4.78, 5) is 0.856. The van der Waals surface area contributed by atoms with Crippen LogP contribution in [-0.2, 0) is 0 Å². The topological polar surface area (TPSA) is 56.0 Å². The Bertz CT molecular complexity index is 292. The van der Waals surface area contributed by atoms with Gasteiger partial charge in [-0.3, -0.25) is 0 Å². The molecule has 4 heteroatoms. The number of nitrogens with one attached hydrogen (secondary N) is 1. The largest absolute Gasteiger partial charge is 0.386 e. The van der Waals surface area contributed by atoms with Crippen molar-refractivity contribution in [3.63, 3.8) is 0 Å². The van der Waals surface area contributed by atoms with Crippen LogP contribution in [0.1, 0.15) is 17.9 Å². The van der Waals surface area contributed by atoms with Gasteiger partial charge in [0.25, 0.3) is 0 Å². The Labute approximate surface area is 88.0 Å². The van der Waals surface area contributed by atoms with Crippen molar-refractivity contribution in [1.82, 2.24) is 5.32 Å². The Morgan fingerprint density at radius 3 is 3.00 bits per heavy atom. The quantitative estimate of drug-likeness (QED) is 0.775. The minimum absolute atomic E-state index is 0.367. The van der Waals surface area contributed by atoms with Gasteiger partial charge in [0.05, 0.1) is 12.0 Å². The van der Waals surface area contributed by atoms with E-state index in [1.54, 1.807) is 0 Å². The second-order valence-corrected chi connectivity index (χ2v) is 3.98. The molecule has 1 aromatic rings. The second kappa shape index (κ2) is 5.76. The molecule has 0 saturated heterocycles. The van der Waals surface area contributed by atoms with Gasteiger partial charge in [-0.05, 0) is 18.0 Å². The van der Waals surface area contributed by atoms with Crippen LogP contribution in [0.4, 0.5) is 0 Å². The smallest absolute Gasteiger partial charge is 0.105 e. The zero-order valence-corrected chi connectivity index (χ0v) is 8.92. The van der Waals surface area contributed by atoms with Gasteiger partial charge in [0.15, 0.2) is 0 Å². The molecule has 3 nitrogen and oxygen atoms in total. The summed E-state index contributed by atoms with van der Waals surface area (Å²) in [6, 6.07) is 5.85. The fraction of sp³-hybridized carbons (Fsp3) is 0.500. The van der Waals surface area contributed by atoms with Crippen molar-refractivity contribution in [3.8, 4) is 6.07 Å². The number of nitrogens with zero attached hydrogens (tertiary/aromatic N) is 1. The molecule has 0 radical (unpaired) electrons. The third kappa shape index (κ3) is 2.81. The summed E-state index contributed by atoms with van der Waals surface area (Å²) >= 11 is 1.48. The standard InChI is InChI=1S/C10H14N2OS/c1-2-12-7-8(6-11)10(13)9-4-3-5-14-9/h3-5,8,10,12-13H,2,7H2,1H3. The van der Waals surface area contributed by atoms with Gasteiger partial charge in [-0.15, -0.1) is 11.3 Å². The first-order valence-corrected chi connectivity index (χ1v) is 5.49. The molecule has 0 aliphatic rings. The first kappa shape index (κ1) is 11.2. The molecule has 0 spiro atoms. The van der Waals surface area contributed by atoms with Crippen molar-refractivity contribution in [2.24, 2.45) is 5.92 Å². The predicted octanol–water partition coefficient (Wildman–Crippen LogP) is 1.53. The molecule has 14 heavy (non-hydrogen) atoms. The first-order valence-electron chi connectivity index (χ1n) is 4.61. The van der Waals surface area contributed by atoms with Crippen LogP contribution < -0.4 is 5.32 Å². The van der Waals surface area contributed by atoms with E-state index in [2.05, 4.69) is 11.4 Å². The summed E-state index contributed by atoms with van der Waals surface area (Å²) < 4.78 is 0. The van der Waals surface area contributed by atoms with Gasteiger partial charge < -0.3 is 10.4 Å². The van der Waals surface area contributed by atoms with E-state index in [-0.39, 0.29) is 5.92 Å². The number of aliphatic hydroxyl groups excluding tert-OH is 1. The molecule has 2 N–H and O–H groups in total. The molecule has 0 saturated carbocycles. The highest BCUT2D eigenvalue weighted by atomic mass is 32.1. The number of hydrogen-bond acceptors (Lipinski definition) is 4. The van der Waals surface area contributed by atoms with Crippen molar-refractivity contribution >= 4 is 11.3 Å². The fourth-order valence-corrected chi connectivity index (χ4v) is 1.96. The minimum atomic E-state index is -0.668. The molecule has 1 aromatic heterocycles. The molecular weight excluding hydrogens is 196 g/mol. The summed E-state index contributed by atoms with van der Waals surface area (Å²) in [6.45, 7) is 3.33. The van der Waals surface area contributed by atoms with E-state index in [4.69, 9.17) is 5.26 Å². The van der Waals surface area contributed by atoms with Crippen LogP contribution in [0.25, 0.3) is 0 Å². The van der Waals surface area contributed by atoms with Crippen LogP contribution in [0.15, 0.2) is 17.5 Å². The van der Waals surface area contributed by atoms with Crippen LogP contribution in [0.5, 0.6) is 0 Å². The lowest BCUT2D eigenvalue weighted by Crippen LogP contribution is -2.25. The maximum atomic E-state index is 9.84. The number of hydrogen-bond donors (Lipinski definition) is 2. The Balaban J connectivity index is 2.57. The van der Waals surface area contributed by atoms with Gasteiger partial charge in [0, 0.05) is 11.4 Å². The Morgan fingerprint density at radius 1 is 1.71 bits per heavy atom. The number of rotatable bonds is 5. The second-order valence-electron chi connectivity index (χ2n) is 3.00. The van der Waals surface area contributed by atoms with Crippen molar-refractivity contribution < 1.29 is 5.11 Å². The van der Waals surface area contributed by atoms with E-state index < -0.39 is 6.10 Å². The van der Waals surface area contributed by atoms with Crippen molar-refractivity contribution in [3.05, 3.63) is 22.4 Å². The average Bonchev–Trinajstić information content (AvgIpc) is 2.71. The summed E-state index contributed by atoms with van der Waals surface area (Å²) in [5, 5.41) is 23.7. The fourth-order valence-electron chi connectivity index (χ4n) is 1.19. The van der Waals surface area contributed by atoms with Crippen molar-refractivity contribution in [2.75, 3.05) is 13.1 Å². The van der Waals surface area contributed by atoms with Gasteiger partial charge in [-0.1, -0.05) is 13.0 Å². The van der Waals surface area contributed by atoms with Crippen LogP contribution in [0.2, 0.25) is 0 Å². The van der Waals surface area contributed by atoms with Crippen LogP contribution in [0, 0.1) is 17.2 Å². The molecular formula is C10H14N2OS. The molecule has 1 heterocycles. The zero-order valence-electron chi connectivity index (χ0n) is 8.10. The molecule has 1 rings (SSSR count). The van der Waals surface area contributed by atoms with Gasteiger partial charge in [-0.2, -0.15) is 5.26 Å². The molecule has 2 unspecified atom stereocenters. The highest BCUT2D eigenvalue weighted by Gasteiger charge is 2.20. The van der Waals surface area contributed by atoms with Gasteiger partial charge in [0.2, 0.25) is 0 Å². The Hall–Kier alpha value is -0.890. The molecule has 0 aliphatic heterocycles. The molecule has 0 amide bonds.